The number of aromatic nitrogens is 1. The summed E-state index contributed by atoms with van der Waals surface area (Å²) in [6, 6.07) is 20.3. The SMILES string of the molecule is CCCCCCCCCCCCCCOc1ccc(CN(Cc2ccc[n+](CC)c2)C(=O)c2ccccc2)cc1C(C)(C)C. The van der Waals surface area contributed by atoms with E-state index in [4.69, 9.17) is 4.74 Å². The highest BCUT2D eigenvalue weighted by molar-refractivity contribution is 5.94. The molecule has 0 fully saturated rings. The lowest BCUT2D eigenvalue weighted by Crippen LogP contribution is -2.34. The third-order valence-corrected chi connectivity index (χ3v) is 8.45. The number of ether oxygens (including phenoxy) is 1. The molecule has 0 aliphatic heterocycles. The normalized spacial score (nSPS) is 11.5. The number of carbonyl (C=O) groups is 1. The van der Waals surface area contributed by atoms with E-state index in [-0.39, 0.29) is 11.3 Å². The first-order valence-electron chi connectivity index (χ1n) is 17.4. The summed E-state index contributed by atoms with van der Waals surface area (Å²) in [5.41, 5.74) is 4.09. The Morgan fingerprint density at radius 2 is 1.34 bits per heavy atom. The minimum Gasteiger partial charge on any atom is -0.493 e. The second-order valence-electron chi connectivity index (χ2n) is 13.4. The molecule has 1 amide bonds. The van der Waals surface area contributed by atoms with Gasteiger partial charge in [-0.25, -0.2) is 4.57 Å². The van der Waals surface area contributed by atoms with Crippen molar-refractivity contribution in [3.8, 4) is 5.75 Å². The van der Waals surface area contributed by atoms with E-state index < -0.39 is 0 Å². The van der Waals surface area contributed by atoms with Crippen LogP contribution in [0.15, 0.2) is 73.1 Å². The van der Waals surface area contributed by atoms with E-state index in [1.807, 2.05) is 35.2 Å². The number of hydrogen-bond donors (Lipinski definition) is 0. The van der Waals surface area contributed by atoms with Gasteiger partial charge < -0.3 is 9.64 Å². The number of unbranched alkanes of at least 4 members (excludes halogenated alkanes) is 11. The standard InChI is InChI=1S/C40H59N2O2/c1-6-8-9-10-11-12-13-14-15-16-17-21-29-44-38-27-26-34(30-37(38)40(3,4)5)32-42(39(43)36-24-19-18-20-25-36)33-35-23-22-28-41(7-2)31-35/h18-20,22-28,30-31H,6-17,21,29,32-33H2,1-5H3/q+1. The zero-order chi connectivity index (χ0) is 31.6. The van der Waals surface area contributed by atoms with E-state index in [9.17, 15) is 4.79 Å². The van der Waals surface area contributed by atoms with Crippen LogP contribution in [0.4, 0.5) is 0 Å². The van der Waals surface area contributed by atoms with Crippen molar-refractivity contribution in [2.45, 2.75) is 137 Å². The molecule has 2 aromatic carbocycles. The predicted octanol–water partition coefficient (Wildman–Crippen LogP) is 10.2. The number of benzene rings is 2. The van der Waals surface area contributed by atoms with Gasteiger partial charge in [0, 0.05) is 23.7 Å². The molecule has 1 aromatic heterocycles. The molecule has 0 spiro atoms. The molecule has 0 saturated carbocycles. The molecule has 0 atom stereocenters. The first-order valence-corrected chi connectivity index (χ1v) is 17.4. The van der Waals surface area contributed by atoms with Gasteiger partial charge in [0.05, 0.1) is 13.2 Å². The minimum absolute atomic E-state index is 0.0436. The van der Waals surface area contributed by atoms with E-state index in [0.29, 0.717) is 18.7 Å². The van der Waals surface area contributed by atoms with Crippen LogP contribution < -0.4 is 9.30 Å². The highest BCUT2D eigenvalue weighted by Gasteiger charge is 2.22. The molecule has 0 aliphatic rings. The summed E-state index contributed by atoms with van der Waals surface area (Å²) in [5, 5.41) is 0. The second-order valence-corrected chi connectivity index (χ2v) is 13.4. The molecule has 240 valence electrons. The highest BCUT2D eigenvalue weighted by atomic mass is 16.5. The number of carbonyl (C=O) groups excluding carboxylic acids is 1. The zero-order valence-corrected chi connectivity index (χ0v) is 28.5. The van der Waals surface area contributed by atoms with Gasteiger partial charge in [-0.2, -0.15) is 0 Å². The number of aryl methyl sites for hydroxylation is 1. The van der Waals surface area contributed by atoms with Crippen LogP contribution in [-0.4, -0.2) is 17.4 Å². The van der Waals surface area contributed by atoms with Crippen molar-refractivity contribution >= 4 is 5.91 Å². The Hall–Kier alpha value is -3.14. The molecule has 0 saturated heterocycles. The summed E-state index contributed by atoms with van der Waals surface area (Å²) in [4.78, 5) is 15.7. The maximum atomic E-state index is 13.7. The number of hydrogen-bond acceptors (Lipinski definition) is 2. The topological polar surface area (TPSA) is 33.4 Å². The van der Waals surface area contributed by atoms with Crippen molar-refractivity contribution < 1.29 is 14.1 Å². The van der Waals surface area contributed by atoms with Gasteiger partial charge in [0.2, 0.25) is 0 Å². The maximum Gasteiger partial charge on any atom is 0.254 e. The van der Waals surface area contributed by atoms with Crippen LogP contribution in [0, 0.1) is 0 Å². The van der Waals surface area contributed by atoms with Crippen molar-refractivity contribution in [2.24, 2.45) is 0 Å². The molecule has 4 nitrogen and oxygen atoms in total. The summed E-state index contributed by atoms with van der Waals surface area (Å²) >= 11 is 0. The van der Waals surface area contributed by atoms with Crippen LogP contribution in [0.3, 0.4) is 0 Å². The number of rotatable bonds is 20. The molecular weight excluding hydrogens is 540 g/mol. The fraction of sp³-hybridized carbons (Fsp3) is 0.550. The lowest BCUT2D eigenvalue weighted by molar-refractivity contribution is -0.694. The lowest BCUT2D eigenvalue weighted by Gasteiger charge is -2.26. The molecule has 0 unspecified atom stereocenters. The quantitative estimate of drug-likeness (QED) is 0.0956. The molecule has 3 rings (SSSR count). The number of amides is 1. The van der Waals surface area contributed by atoms with Gasteiger partial charge >= 0.3 is 0 Å². The van der Waals surface area contributed by atoms with Crippen molar-refractivity contribution in [2.75, 3.05) is 6.61 Å². The van der Waals surface area contributed by atoms with Gasteiger partial charge in [0.15, 0.2) is 12.4 Å². The fourth-order valence-electron chi connectivity index (χ4n) is 5.78. The molecule has 0 N–H and O–H groups in total. The highest BCUT2D eigenvalue weighted by Crippen LogP contribution is 2.33. The summed E-state index contributed by atoms with van der Waals surface area (Å²) in [6.45, 7) is 13.9. The Labute approximate surface area is 268 Å². The van der Waals surface area contributed by atoms with E-state index >= 15 is 0 Å². The Kier molecular flexibility index (Phi) is 15.5. The first kappa shape index (κ1) is 35.3. The van der Waals surface area contributed by atoms with Gasteiger partial charge in [0.25, 0.3) is 5.91 Å². The molecule has 44 heavy (non-hydrogen) atoms. The van der Waals surface area contributed by atoms with E-state index in [1.165, 1.54) is 76.2 Å². The summed E-state index contributed by atoms with van der Waals surface area (Å²) in [7, 11) is 0. The molecule has 0 aliphatic carbocycles. The van der Waals surface area contributed by atoms with Gasteiger partial charge in [-0.3, -0.25) is 4.79 Å². The largest absolute Gasteiger partial charge is 0.493 e. The van der Waals surface area contributed by atoms with Crippen LogP contribution >= 0.6 is 0 Å². The van der Waals surface area contributed by atoms with Gasteiger partial charge in [-0.05, 0) is 60.2 Å². The molecule has 0 bridgehead atoms. The first-order chi connectivity index (χ1) is 21.3. The average molecular weight is 600 g/mol. The van der Waals surface area contributed by atoms with Crippen molar-refractivity contribution in [1.29, 1.82) is 0 Å². The third kappa shape index (κ3) is 12.5. The fourth-order valence-corrected chi connectivity index (χ4v) is 5.78. The Morgan fingerprint density at radius 1 is 0.727 bits per heavy atom. The maximum absolute atomic E-state index is 13.7. The van der Waals surface area contributed by atoms with E-state index in [0.717, 1.165) is 36.4 Å². The smallest absolute Gasteiger partial charge is 0.254 e. The molecule has 1 heterocycles. The van der Waals surface area contributed by atoms with Crippen molar-refractivity contribution in [3.63, 3.8) is 0 Å². The third-order valence-electron chi connectivity index (χ3n) is 8.45. The van der Waals surface area contributed by atoms with Gasteiger partial charge in [-0.1, -0.05) is 123 Å². The van der Waals surface area contributed by atoms with Crippen LogP contribution in [-0.2, 0) is 25.0 Å². The monoisotopic (exact) mass is 599 g/mol. The summed E-state index contributed by atoms with van der Waals surface area (Å²) in [6.07, 6.45) is 20.3. The van der Waals surface area contributed by atoms with Gasteiger partial charge in [-0.15, -0.1) is 0 Å². The Balaban J connectivity index is 1.57. The molecule has 3 aromatic rings. The minimum atomic E-state index is -0.0672. The van der Waals surface area contributed by atoms with E-state index in [2.05, 4.69) is 81.9 Å². The number of pyridine rings is 1. The summed E-state index contributed by atoms with van der Waals surface area (Å²) < 4.78 is 8.52. The second kappa shape index (κ2) is 19.3. The van der Waals surface area contributed by atoms with Crippen LogP contribution in [0.5, 0.6) is 5.75 Å². The van der Waals surface area contributed by atoms with Crippen molar-refractivity contribution in [1.82, 2.24) is 4.90 Å². The van der Waals surface area contributed by atoms with Crippen LogP contribution in [0.25, 0.3) is 0 Å². The van der Waals surface area contributed by atoms with Crippen LogP contribution in [0.1, 0.15) is 139 Å². The van der Waals surface area contributed by atoms with Crippen LogP contribution in [0.2, 0.25) is 0 Å². The summed E-state index contributed by atoms with van der Waals surface area (Å²) in [5.74, 6) is 1.01. The zero-order valence-electron chi connectivity index (χ0n) is 28.5. The molecule has 0 radical (unpaired) electrons. The average Bonchev–Trinajstić information content (AvgIpc) is 3.03. The van der Waals surface area contributed by atoms with Gasteiger partial charge in [0.1, 0.15) is 12.3 Å². The van der Waals surface area contributed by atoms with Crippen molar-refractivity contribution in [3.05, 3.63) is 95.3 Å². The Morgan fingerprint density at radius 3 is 1.95 bits per heavy atom. The molecule has 4 heteroatoms. The molecular formula is C40H59N2O2+. The van der Waals surface area contributed by atoms with E-state index in [1.54, 1.807) is 0 Å². The number of nitrogens with zero attached hydrogens (tertiary/aromatic N) is 2. The predicted molar refractivity (Wildman–Crippen MR) is 184 cm³/mol. The lowest BCUT2D eigenvalue weighted by atomic mass is 9.85. The Bertz CT molecular complexity index is 1230.